The van der Waals surface area contributed by atoms with E-state index in [1.165, 1.54) is 0 Å². The normalized spacial score (nSPS) is 11.6. The second kappa shape index (κ2) is 4.83. The largest absolute Gasteiger partial charge is 0.399 e. The van der Waals surface area contributed by atoms with Gasteiger partial charge in [-0.15, -0.1) is 0 Å². The number of sulfonamides is 1. The summed E-state index contributed by atoms with van der Waals surface area (Å²) in [6, 6.07) is 8.63. The number of hydrogen-bond acceptors (Lipinski definition) is 3. The van der Waals surface area contributed by atoms with Crippen LogP contribution in [0.2, 0.25) is 0 Å². The predicted molar refractivity (Wildman–Crippen MR) is 70.3 cm³/mol. The molecule has 3 N–H and O–H groups in total. The molecule has 0 atom stereocenters. The molecule has 1 aromatic carbocycles. The van der Waals surface area contributed by atoms with Crippen molar-refractivity contribution in [3.63, 3.8) is 0 Å². The maximum atomic E-state index is 11.9. The van der Waals surface area contributed by atoms with E-state index in [4.69, 9.17) is 5.73 Å². The molecule has 0 bridgehead atoms. The smallest absolute Gasteiger partial charge is 0.242 e. The molecule has 96 valence electrons. The number of hydrogen-bond donors (Lipinski definition) is 2. The van der Waals surface area contributed by atoms with Gasteiger partial charge in [-0.05, 0) is 23.8 Å². The van der Waals surface area contributed by atoms with Crippen molar-refractivity contribution in [2.45, 2.75) is 11.4 Å². The number of nitrogens with two attached hydrogens (primary N) is 1. The maximum Gasteiger partial charge on any atom is 0.242 e. The minimum absolute atomic E-state index is 0.248. The molecule has 0 radical (unpaired) electrons. The van der Waals surface area contributed by atoms with Crippen LogP contribution in [0.25, 0.3) is 0 Å². The van der Waals surface area contributed by atoms with Crippen molar-refractivity contribution in [3.8, 4) is 0 Å². The standard InChI is InChI=1S/C12H15N3O2S/c1-15-7-6-12(9-15)18(16,17)14-8-10-2-4-11(13)5-3-10/h2-7,9,14H,8,13H2,1H3. The van der Waals surface area contributed by atoms with E-state index in [0.717, 1.165) is 5.56 Å². The first-order chi connectivity index (χ1) is 8.47. The highest BCUT2D eigenvalue weighted by molar-refractivity contribution is 7.89. The Balaban J connectivity index is 2.08. The van der Waals surface area contributed by atoms with Crippen LogP contribution in [0.1, 0.15) is 5.56 Å². The van der Waals surface area contributed by atoms with Crippen LogP contribution in [-0.2, 0) is 23.6 Å². The molecule has 0 aliphatic rings. The molecule has 0 aliphatic carbocycles. The van der Waals surface area contributed by atoms with E-state index in [9.17, 15) is 8.42 Å². The maximum absolute atomic E-state index is 11.9. The number of nitrogen functional groups attached to an aromatic ring is 1. The highest BCUT2D eigenvalue weighted by Crippen LogP contribution is 2.10. The van der Waals surface area contributed by atoms with Gasteiger partial charge < -0.3 is 10.3 Å². The highest BCUT2D eigenvalue weighted by Gasteiger charge is 2.14. The van der Waals surface area contributed by atoms with Gasteiger partial charge in [-0.25, -0.2) is 13.1 Å². The summed E-state index contributed by atoms with van der Waals surface area (Å²) in [4.78, 5) is 0.264. The Labute approximate surface area is 106 Å². The van der Waals surface area contributed by atoms with Gasteiger partial charge in [0.05, 0.1) is 4.90 Å². The van der Waals surface area contributed by atoms with E-state index >= 15 is 0 Å². The molecular formula is C12H15N3O2S. The lowest BCUT2D eigenvalue weighted by Gasteiger charge is -2.05. The van der Waals surface area contributed by atoms with Gasteiger partial charge in [0.2, 0.25) is 10.0 Å². The van der Waals surface area contributed by atoms with Gasteiger partial charge in [0.15, 0.2) is 0 Å². The van der Waals surface area contributed by atoms with Crippen LogP contribution >= 0.6 is 0 Å². The van der Waals surface area contributed by atoms with E-state index in [1.54, 1.807) is 54.3 Å². The molecule has 0 saturated heterocycles. The molecule has 0 aliphatic heterocycles. The lowest BCUT2D eigenvalue weighted by atomic mass is 10.2. The van der Waals surface area contributed by atoms with Crippen molar-refractivity contribution >= 4 is 15.7 Å². The van der Waals surface area contributed by atoms with Crippen molar-refractivity contribution in [1.82, 2.24) is 9.29 Å². The highest BCUT2D eigenvalue weighted by atomic mass is 32.2. The number of rotatable bonds is 4. The first kappa shape index (κ1) is 12.7. The Morgan fingerprint density at radius 2 is 1.89 bits per heavy atom. The number of anilines is 1. The van der Waals surface area contributed by atoms with Crippen molar-refractivity contribution in [1.29, 1.82) is 0 Å². The lowest BCUT2D eigenvalue weighted by molar-refractivity contribution is 0.581. The van der Waals surface area contributed by atoms with Gasteiger partial charge in [-0.3, -0.25) is 0 Å². The number of nitrogens with one attached hydrogen (secondary N) is 1. The summed E-state index contributed by atoms with van der Waals surface area (Å²) in [6.45, 7) is 0.248. The zero-order valence-electron chi connectivity index (χ0n) is 10.00. The minimum atomic E-state index is -3.45. The molecule has 0 amide bonds. The van der Waals surface area contributed by atoms with E-state index in [2.05, 4.69) is 4.72 Å². The third-order valence-electron chi connectivity index (χ3n) is 2.56. The average molecular weight is 265 g/mol. The Hall–Kier alpha value is -1.79. The first-order valence-electron chi connectivity index (χ1n) is 5.43. The van der Waals surface area contributed by atoms with Crippen LogP contribution in [0.15, 0.2) is 47.6 Å². The summed E-state index contributed by atoms with van der Waals surface area (Å²) in [5, 5.41) is 0. The van der Waals surface area contributed by atoms with Gasteiger partial charge in [0.25, 0.3) is 0 Å². The van der Waals surface area contributed by atoms with E-state index in [0.29, 0.717) is 5.69 Å². The molecule has 6 heteroatoms. The van der Waals surface area contributed by atoms with Crippen LogP contribution in [0.3, 0.4) is 0 Å². The van der Waals surface area contributed by atoms with Gasteiger partial charge in [0.1, 0.15) is 0 Å². The monoisotopic (exact) mass is 265 g/mol. The van der Waals surface area contributed by atoms with Crippen LogP contribution in [0.4, 0.5) is 5.69 Å². The van der Waals surface area contributed by atoms with Gasteiger partial charge >= 0.3 is 0 Å². The lowest BCUT2D eigenvalue weighted by Crippen LogP contribution is -2.22. The Morgan fingerprint density at radius 3 is 2.44 bits per heavy atom. The fraction of sp³-hybridized carbons (Fsp3) is 0.167. The number of benzene rings is 1. The third kappa shape index (κ3) is 2.91. The molecule has 0 unspecified atom stereocenters. The molecule has 2 aromatic rings. The van der Waals surface area contributed by atoms with E-state index in [-0.39, 0.29) is 11.4 Å². The van der Waals surface area contributed by atoms with Crippen molar-refractivity contribution in [2.24, 2.45) is 7.05 Å². The van der Waals surface area contributed by atoms with Gasteiger partial charge in [-0.2, -0.15) is 0 Å². The van der Waals surface area contributed by atoms with Crippen LogP contribution in [0, 0.1) is 0 Å². The fourth-order valence-electron chi connectivity index (χ4n) is 1.53. The third-order valence-corrected chi connectivity index (χ3v) is 3.95. The SMILES string of the molecule is Cn1ccc(S(=O)(=O)NCc2ccc(N)cc2)c1. The summed E-state index contributed by atoms with van der Waals surface area (Å²) in [7, 11) is -1.67. The summed E-state index contributed by atoms with van der Waals surface area (Å²) >= 11 is 0. The van der Waals surface area contributed by atoms with Crippen LogP contribution in [0.5, 0.6) is 0 Å². The second-order valence-corrected chi connectivity index (χ2v) is 5.85. The molecule has 0 spiro atoms. The van der Waals surface area contributed by atoms with Crippen molar-refractivity contribution in [2.75, 3.05) is 5.73 Å². The second-order valence-electron chi connectivity index (χ2n) is 4.08. The summed E-state index contributed by atoms with van der Waals surface area (Å²) in [6.07, 6.45) is 3.25. The van der Waals surface area contributed by atoms with Crippen molar-refractivity contribution in [3.05, 3.63) is 48.3 Å². The summed E-state index contributed by atoms with van der Waals surface area (Å²) < 4.78 is 28.1. The topological polar surface area (TPSA) is 77.1 Å². The molecule has 0 fully saturated rings. The molecule has 0 saturated carbocycles. The molecule has 18 heavy (non-hydrogen) atoms. The molecule has 2 rings (SSSR count). The first-order valence-corrected chi connectivity index (χ1v) is 6.92. The molecular weight excluding hydrogens is 250 g/mol. The predicted octanol–water partition coefficient (Wildman–Crippen LogP) is 1.09. The number of aryl methyl sites for hydroxylation is 1. The van der Waals surface area contributed by atoms with Crippen molar-refractivity contribution < 1.29 is 8.42 Å². The van der Waals surface area contributed by atoms with Gasteiger partial charge in [0, 0.05) is 31.7 Å². The molecule has 1 aromatic heterocycles. The molecule has 5 nitrogen and oxygen atoms in total. The van der Waals surface area contributed by atoms with Crippen LogP contribution in [-0.4, -0.2) is 13.0 Å². The Kier molecular flexibility index (Phi) is 3.40. The van der Waals surface area contributed by atoms with E-state index < -0.39 is 10.0 Å². The van der Waals surface area contributed by atoms with E-state index in [1.807, 2.05) is 0 Å². The number of aromatic nitrogens is 1. The number of nitrogens with zero attached hydrogens (tertiary/aromatic N) is 1. The van der Waals surface area contributed by atoms with Crippen LogP contribution < -0.4 is 10.5 Å². The van der Waals surface area contributed by atoms with Gasteiger partial charge in [-0.1, -0.05) is 12.1 Å². The fourth-order valence-corrected chi connectivity index (χ4v) is 2.60. The zero-order valence-corrected chi connectivity index (χ0v) is 10.8. The molecule has 1 heterocycles. The quantitative estimate of drug-likeness (QED) is 0.812. The zero-order chi connectivity index (χ0) is 13.2. The summed E-state index contributed by atoms with van der Waals surface area (Å²) in [5.74, 6) is 0. The summed E-state index contributed by atoms with van der Waals surface area (Å²) in [5.41, 5.74) is 7.08. The minimum Gasteiger partial charge on any atom is -0.399 e. The average Bonchev–Trinajstić information content (AvgIpc) is 2.76. The Morgan fingerprint density at radius 1 is 1.22 bits per heavy atom. The Bertz CT molecular complexity index is 630.